The Morgan fingerprint density at radius 3 is 0.789 bits per heavy atom. The Morgan fingerprint density at radius 1 is 0.316 bits per heavy atom. The quantitative estimate of drug-likeness (QED) is 0.0631. The van der Waals surface area contributed by atoms with Gasteiger partial charge in [0.05, 0.1) is 13.2 Å². The Bertz CT molecular complexity index is 437. The zero-order valence-electron chi connectivity index (χ0n) is 26.4. The van der Waals surface area contributed by atoms with Gasteiger partial charge >= 0.3 is 6.16 Å². The van der Waals surface area contributed by atoms with Gasteiger partial charge in [0, 0.05) is 0 Å². The molecular weight excluding hydrogens is 468 g/mol. The lowest BCUT2D eigenvalue weighted by molar-refractivity contribution is 0.0532. The van der Waals surface area contributed by atoms with E-state index < -0.39 is 6.16 Å². The Morgan fingerprint density at radius 2 is 0.526 bits per heavy atom. The molecule has 0 unspecified atom stereocenters. The predicted molar refractivity (Wildman–Crippen MR) is 167 cm³/mol. The molecule has 0 rings (SSSR count). The lowest BCUT2D eigenvalue weighted by Gasteiger charge is -2.06. The second-order valence-electron chi connectivity index (χ2n) is 11.8. The van der Waals surface area contributed by atoms with Crippen LogP contribution in [0.1, 0.15) is 206 Å². The SMILES string of the molecule is CCCCCCCCCCCCCCCCCCCCCCCCCCCCCCOC(=O)OCCCC. The summed E-state index contributed by atoms with van der Waals surface area (Å²) >= 11 is 0. The monoisotopic (exact) mass is 539 g/mol. The van der Waals surface area contributed by atoms with Gasteiger partial charge < -0.3 is 9.47 Å². The van der Waals surface area contributed by atoms with Crippen molar-refractivity contribution in [2.75, 3.05) is 13.2 Å². The second-order valence-corrected chi connectivity index (χ2v) is 11.8. The number of ether oxygens (including phenoxy) is 2. The first-order chi connectivity index (χ1) is 18.8. The number of unbranched alkanes of at least 4 members (excludes halogenated alkanes) is 28. The van der Waals surface area contributed by atoms with Crippen LogP contribution in [0.5, 0.6) is 0 Å². The lowest BCUT2D eigenvalue weighted by atomic mass is 10.0. The van der Waals surface area contributed by atoms with Crippen LogP contribution in [0, 0.1) is 0 Å². The zero-order valence-corrected chi connectivity index (χ0v) is 26.4. The normalized spacial score (nSPS) is 11.2. The molecule has 0 radical (unpaired) electrons. The highest BCUT2D eigenvalue weighted by atomic mass is 16.7. The highest BCUT2D eigenvalue weighted by molar-refractivity contribution is 5.59. The minimum atomic E-state index is -0.497. The summed E-state index contributed by atoms with van der Waals surface area (Å²) in [4.78, 5) is 11.3. The topological polar surface area (TPSA) is 35.5 Å². The highest BCUT2D eigenvalue weighted by Gasteiger charge is 2.02. The smallest absolute Gasteiger partial charge is 0.434 e. The van der Waals surface area contributed by atoms with E-state index in [1.807, 2.05) is 0 Å². The van der Waals surface area contributed by atoms with Crippen molar-refractivity contribution in [1.29, 1.82) is 0 Å². The maximum absolute atomic E-state index is 11.3. The number of hydrogen-bond donors (Lipinski definition) is 0. The van der Waals surface area contributed by atoms with E-state index in [9.17, 15) is 4.79 Å². The van der Waals surface area contributed by atoms with E-state index in [1.54, 1.807) is 0 Å². The van der Waals surface area contributed by atoms with Gasteiger partial charge in [-0.25, -0.2) is 4.79 Å². The maximum Gasteiger partial charge on any atom is 0.508 e. The number of carbonyl (C=O) groups excluding carboxylic acids is 1. The van der Waals surface area contributed by atoms with Gasteiger partial charge in [-0.3, -0.25) is 0 Å². The third-order valence-electron chi connectivity index (χ3n) is 7.94. The van der Waals surface area contributed by atoms with Gasteiger partial charge in [0.25, 0.3) is 0 Å². The van der Waals surface area contributed by atoms with Gasteiger partial charge in [-0.05, 0) is 12.8 Å². The molecule has 0 aliphatic heterocycles. The van der Waals surface area contributed by atoms with Crippen LogP contribution in [0.25, 0.3) is 0 Å². The highest BCUT2D eigenvalue weighted by Crippen LogP contribution is 2.16. The van der Waals surface area contributed by atoms with Crippen molar-refractivity contribution in [2.45, 2.75) is 206 Å². The second kappa shape index (κ2) is 34.3. The van der Waals surface area contributed by atoms with Crippen molar-refractivity contribution < 1.29 is 14.3 Å². The summed E-state index contributed by atoms with van der Waals surface area (Å²) in [5.74, 6) is 0. The van der Waals surface area contributed by atoms with Crippen LogP contribution in [-0.4, -0.2) is 19.4 Å². The summed E-state index contributed by atoms with van der Waals surface area (Å²) in [7, 11) is 0. The molecule has 0 saturated heterocycles. The van der Waals surface area contributed by atoms with E-state index in [1.165, 1.54) is 167 Å². The molecule has 0 aromatic rings. The molecule has 0 amide bonds. The van der Waals surface area contributed by atoms with Crippen molar-refractivity contribution >= 4 is 6.16 Å². The van der Waals surface area contributed by atoms with Gasteiger partial charge in [0.1, 0.15) is 0 Å². The molecular formula is C35H70O3. The first-order valence-corrected chi connectivity index (χ1v) is 17.6. The summed E-state index contributed by atoms with van der Waals surface area (Å²) < 4.78 is 10.1. The average Bonchev–Trinajstić information content (AvgIpc) is 2.92. The summed E-state index contributed by atoms with van der Waals surface area (Å²) in [6, 6.07) is 0. The Balaban J connectivity index is 3.06. The summed E-state index contributed by atoms with van der Waals surface area (Å²) in [5, 5.41) is 0. The fourth-order valence-corrected chi connectivity index (χ4v) is 5.27. The molecule has 0 saturated carbocycles. The summed E-state index contributed by atoms with van der Waals surface area (Å²) in [5.41, 5.74) is 0. The molecule has 0 heterocycles. The minimum absolute atomic E-state index is 0.481. The van der Waals surface area contributed by atoms with Crippen LogP contribution in [0.4, 0.5) is 4.79 Å². The zero-order chi connectivity index (χ0) is 27.6. The van der Waals surface area contributed by atoms with Crippen molar-refractivity contribution in [3.63, 3.8) is 0 Å². The standard InChI is InChI=1S/C35H70O3/c1-3-5-7-8-9-10-11-12-13-14-15-16-17-18-19-20-21-22-23-24-25-26-27-28-29-30-31-32-34-38-35(36)37-33-6-4-2/h3-34H2,1-2H3. The molecule has 0 aromatic heterocycles. The van der Waals surface area contributed by atoms with E-state index in [2.05, 4.69) is 13.8 Å². The largest absolute Gasteiger partial charge is 0.508 e. The molecule has 0 aromatic carbocycles. The van der Waals surface area contributed by atoms with Crippen molar-refractivity contribution in [3.05, 3.63) is 0 Å². The Kier molecular flexibility index (Phi) is 33.6. The summed E-state index contributed by atoms with van der Waals surface area (Å²) in [6.07, 6.45) is 40.9. The van der Waals surface area contributed by atoms with E-state index in [0.29, 0.717) is 13.2 Å². The van der Waals surface area contributed by atoms with Gasteiger partial charge in [0.2, 0.25) is 0 Å². The molecule has 0 spiro atoms. The van der Waals surface area contributed by atoms with E-state index in [0.717, 1.165) is 25.7 Å². The van der Waals surface area contributed by atoms with Crippen LogP contribution in [0.2, 0.25) is 0 Å². The summed E-state index contributed by atoms with van der Waals surface area (Å²) in [6.45, 7) is 5.37. The Hall–Kier alpha value is -0.730. The molecule has 3 heteroatoms. The average molecular weight is 539 g/mol. The lowest BCUT2D eigenvalue weighted by Crippen LogP contribution is -2.09. The van der Waals surface area contributed by atoms with Gasteiger partial charge in [-0.15, -0.1) is 0 Å². The molecule has 3 nitrogen and oxygen atoms in total. The van der Waals surface area contributed by atoms with E-state index >= 15 is 0 Å². The third-order valence-corrected chi connectivity index (χ3v) is 7.94. The fraction of sp³-hybridized carbons (Fsp3) is 0.971. The van der Waals surface area contributed by atoms with E-state index in [4.69, 9.17) is 9.47 Å². The van der Waals surface area contributed by atoms with Crippen molar-refractivity contribution in [1.82, 2.24) is 0 Å². The molecule has 228 valence electrons. The minimum Gasteiger partial charge on any atom is -0.434 e. The van der Waals surface area contributed by atoms with Crippen LogP contribution in [-0.2, 0) is 9.47 Å². The van der Waals surface area contributed by atoms with Crippen LogP contribution in [0.3, 0.4) is 0 Å². The van der Waals surface area contributed by atoms with Gasteiger partial charge in [-0.1, -0.05) is 194 Å². The third kappa shape index (κ3) is 33.3. The molecule has 0 aliphatic carbocycles. The first-order valence-electron chi connectivity index (χ1n) is 17.6. The van der Waals surface area contributed by atoms with Crippen LogP contribution < -0.4 is 0 Å². The predicted octanol–water partition coefficient (Wildman–Crippen LogP) is 12.9. The number of hydrogen-bond acceptors (Lipinski definition) is 3. The molecule has 0 N–H and O–H groups in total. The molecule has 0 atom stereocenters. The maximum atomic E-state index is 11.3. The molecule has 0 fully saturated rings. The van der Waals surface area contributed by atoms with Crippen LogP contribution in [0.15, 0.2) is 0 Å². The van der Waals surface area contributed by atoms with Crippen molar-refractivity contribution in [2.24, 2.45) is 0 Å². The molecule has 0 aliphatic rings. The molecule has 38 heavy (non-hydrogen) atoms. The van der Waals surface area contributed by atoms with E-state index in [-0.39, 0.29) is 0 Å². The fourth-order valence-electron chi connectivity index (χ4n) is 5.27. The number of rotatable bonds is 32. The Labute approximate surface area is 240 Å². The number of carbonyl (C=O) groups is 1. The first kappa shape index (κ1) is 37.3. The van der Waals surface area contributed by atoms with Gasteiger partial charge in [0.15, 0.2) is 0 Å². The molecule has 0 bridgehead atoms. The van der Waals surface area contributed by atoms with Crippen LogP contribution >= 0.6 is 0 Å². The van der Waals surface area contributed by atoms with Crippen molar-refractivity contribution in [3.8, 4) is 0 Å². The van der Waals surface area contributed by atoms with Gasteiger partial charge in [-0.2, -0.15) is 0 Å².